The summed E-state index contributed by atoms with van der Waals surface area (Å²) in [6.07, 6.45) is 3.44. The molecule has 2 aromatic carbocycles. The number of amides is 1. The van der Waals surface area contributed by atoms with Gasteiger partial charge in [0, 0.05) is 18.8 Å². The molecular weight excluding hydrogens is 356 g/mol. The number of hydrogen-bond donors (Lipinski definition) is 3. The van der Waals surface area contributed by atoms with E-state index in [0.717, 1.165) is 37.2 Å². The number of carbonyl (C=O) groups excluding carboxylic acids is 1. The van der Waals surface area contributed by atoms with Crippen LogP contribution in [0.15, 0.2) is 42.5 Å². The second-order valence-corrected chi connectivity index (χ2v) is 7.39. The highest BCUT2D eigenvalue weighted by atomic mass is 16.4. The molecule has 0 radical (unpaired) electrons. The molecule has 6 nitrogen and oxygen atoms in total. The first-order valence-corrected chi connectivity index (χ1v) is 9.59. The molecule has 28 heavy (non-hydrogen) atoms. The molecule has 2 unspecified atom stereocenters. The summed E-state index contributed by atoms with van der Waals surface area (Å²) in [5, 5.41) is 19.2. The van der Waals surface area contributed by atoms with E-state index in [1.165, 1.54) is 18.6 Å². The molecule has 1 heterocycles. The maximum atomic E-state index is 12.3. The van der Waals surface area contributed by atoms with E-state index in [2.05, 4.69) is 4.90 Å². The number of carboxylic acid groups (broad SMARTS) is 1. The zero-order valence-electron chi connectivity index (χ0n) is 16.0. The van der Waals surface area contributed by atoms with Gasteiger partial charge < -0.3 is 20.8 Å². The summed E-state index contributed by atoms with van der Waals surface area (Å²) < 4.78 is 0. The van der Waals surface area contributed by atoms with Crippen LogP contribution in [-0.4, -0.2) is 35.2 Å². The number of phenolic OH excluding ortho intramolecular Hbond substituents is 1. The number of aromatic hydroxyl groups is 1. The zero-order chi connectivity index (χ0) is 20.3. The molecule has 6 heteroatoms. The Hall–Kier alpha value is -3.02. The molecule has 0 saturated carbocycles. The molecule has 0 aliphatic carbocycles. The number of aromatic carboxylic acids is 1. The SMILES string of the molecule is CC(c1cc(O)ccc1N1CCCCC1)C(C(N)=O)c1ccc(C(=O)O)cc1. The summed E-state index contributed by atoms with van der Waals surface area (Å²) in [6.45, 7) is 3.81. The van der Waals surface area contributed by atoms with Crippen molar-refractivity contribution < 1.29 is 19.8 Å². The highest BCUT2D eigenvalue weighted by Crippen LogP contribution is 2.40. The lowest BCUT2D eigenvalue weighted by Gasteiger charge is -2.33. The van der Waals surface area contributed by atoms with Gasteiger partial charge in [0.05, 0.1) is 11.5 Å². The van der Waals surface area contributed by atoms with Crippen LogP contribution in [0, 0.1) is 0 Å². The zero-order valence-corrected chi connectivity index (χ0v) is 16.0. The van der Waals surface area contributed by atoms with Gasteiger partial charge in [-0.3, -0.25) is 4.79 Å². The third-order valence-electron chi connectivity index (χ3n) is 5.52. The Kier molecular flexibility index (Phi) is 5.87. The van der Waals surface area contributed by atoms with Crippen LogP contribution in [0.25, 0.3) is 0 Å². The molecule has 1 aliphatic heterocycles. The smallest absolute Gasteiger partial charge is 0.335 e. The lowest BCUT2D eigenvalue weighted by Crippen LogP contribution is -2.32. The van der Waals surface area contributed by atoms with Gasteiger partial charge in [0.25, 0.3) is 0 Å². The molecule has 2 aromatic rings. The number of anilines is 1. The fourth-order valence-electron chi connectivity index (χ4n) is 4.04. The Morgan fingerprint density at radius 3 is 2.25 bits per heavy atom. The summed E-state index contributed by atoms with van der Waals surface area (Å²) in [5.41, 5.74) is 8.44. The Labute approximate surface area is 164 Å². The fourth-order valence-corrected chi connectivity index (χ4v) is 4.04. The molecule has 1 saturated heterocycles. The summed E-state index contributed by atoms with van der Waals surface area (Å²) in [7, 11) is 0. The van der Waals surface area contributed by atoms with Crippen molar-refractivity contribution in [3.05, 3.63) is 59.2 Å². The molecule has 1 fully saturated rings. The monoisotopic (exact) mass is 382 g/mol. The number of nitrogens with two attached hydrogens (primary N) is 1. The standard InChI is InChI=1S/C22H26N2O4/c1-14(20(21(23)26)15-5-7-16(8-6-15)22(27)28)18-13-17(25)9-10-19(18)24-11-3-2-4-12-24/h5-10,13-14,20,25H,2-4,11-12H2,1H3,(H2,23,26)(H,27,28). The van der Waals surface area contributed by atoms with Gasteiger partial charge in [-0.2, -0.15) is 0 Å². The topological polar surface area (TPSA) is 104 Å². The lowest BCUT2D eigenvalue weighted by atomic mass is 9.81. The fraction of sp³-hybridized carbons (Fsp3) is 0.364. The van der Waals surface area contributed by atoms with Crippen LogP contribution in [0.1, 0.15) is 59.5 Å². The average Bonchev–Trinajstić information content (AvgIpc) is 2.68. The first-order valence-electron chi connectivity index (χ1n) is 9.59. The van der Waals surface area contributed by atoms with Crippen molar-refractivity contribution in [2.75, 3.05) is 18.0 Å². The van der Waals surface area contributed by atoms with Gasteiger partial charge in [-0.1, -0.05) is 19.1 Å². The number of rotatable bonds is 6. The number of hydrogen-bond acceptors (Lipinski definition) is 4. The highest BCUT2D eigenvalue weighted by molar-refractivity contribution is 5.88. The lowest BCUT2D eigenvalue weighted by molar-refractivity contribution is -0.119. The summed E-state index contributed by atoms with van der Waals surface area (Å²) in [6, 6.07) is 11.5. The van der Waals surface area contributed by atoms with Crippen LogP contribution < -0.4 is 10.6 Å². The van der Waals surface area contributed by atoms with Crippen LogP contribution in [0.2, 0.25) is 0 Å². The van der Waals surface area contributed by atoms with E-state index in [1.54, 1.807) is 24.3 Å². The second kappa shape index (κ2) is 8.33. The number of nitrogens with zero attached hydrogens (tertiary/aromatic N) is 1. The summed E-state index contributed by atoms with van der Waals surface area (Å²) in [4.78, 5) is 25.7. The van der Waals surface area contributed by atoms with E-state index in [4.69, 9.17) is 10.8 Å². The molecule has 3 rings (SSSR count). The minimum Gasteiger partial charge on any atom is -0.508 e. The number of piperidine rings is 1. The van der Waals surface area contributed by atoms with Crippen LogP contribution >= 0.6 is 0 Å². The van der Waals surface area contributed by atoms with Crippen LogP contribution in [0.3, 0.4) is 0 Å². The Morgan fingerprint density at radius 2 is 1.68 bits per heavy atom. The molecule has 2 atom stereocenters. The minimum absolute atomic E-state index is 0.145. The molecule has 1 amide bonds. The van der Waals surface area contributed by atoms with Crippen LogP contribution in [-0.2, 0) is 4.79 Å². The third kappa shape index (κ3) is 4.11. The largest absolute Gasteiger partial charge is 0.508 e. The number of primary amides is 1. The van der Waals surface area contributed by atoms with Gasteiger partial charge in [0.15, 0.2) is 0 Å². The van der Waals surface area contributed by atoms with Crippen molar-refractivity contribution >= 4 is 17.6 Å². The predicted molar refractivity (Wildman–Crippen MR) is 108 cm³/mol. The van der Waals surface area contributed by atoms with E-state index in [9.17, 15) is 14.7 Å². The summed E-state index contributed by atoms with van der Waals surface area (Å²) in [5.74, 6) is -2.27. The third-order valence-corrected chi connectivity index (χ3v) is 5.52. The van der Waals surface area contributed by atoms with Gasteiger partial charge in [-0.15, -0.1) is 0 Å². The van der Waals surface area contributed by atoms with Gasteiger partial charge in [-0.25, -0.2) is 4.79 Å². The average molecular weight is 382 g/mol. The number of carboxylic acids is 1. The van der Waals surface area contributed by atoms with Gasteiger partial charge >= 0.3 is 5.97 Å². The Balaban J connectivity index is 1.99. The molecule has 0 bridgehead atoms. The molecule has 148 valence electrons. The molecule has 4 N–H and O–H groups in total. The van der Waals surface area contributed by atoms with Crippen molar-refractivity contribution in [2.24, 2.45) is 5.73 Å². The van der Waals surface area contributed by atoms with Gasteiger partial charge in [0.2, 0.25) is 5.91 Å². The van der Waals surface area contributed by atoms with Crippen molar-refractivity contribution in [3.8, 4) is 5.75 Å². The van der Waals surface area contributed by atoms with E-state index < -0.39 is 17.8 Å². The Morgan fingerprint density at radius 1 is 1.04 bits per heavy atom. The molecule has 1 aliphatic rings. The van der Waals surface area contributed by atoms with E-state index in [1.807, 2.05) is 13.0 Å². The van der Waals surface area contributed by atoms with Crippen LogP contribution in [0.4, 0.5) is 5.69 Å². The number of benzene rings is 2. The van der Waals surface area contributed by atoms with Gasteiger partial charge in [0.1, 0.15) is 5.75 Å². The van der Waals surface area contributed by atoms with E-state index in [-0.39, 0.29) is 17.2 Å². The first-order chi connectivity index (χ1) is 13.4. The maximum Gasteiger partial charge on any atom is 0.335 e. The van der Waals surface area contributed by atoms with Gasteiger partial charge in [-0.05, 0) is 66.6 Å². The first kappa shape index (κ1) is 19.7. The van der Waals surface area contributed by atoms with E-state index in [0.29, 0.717) is 5.56 Å². The molecule has 0 spiro atoms. The van der Waals surface area contributed by atoms with Crippen molar-refractivity contribution in [3.63, 3.8) is 0 Å². The second-order valence-electron chi connectivity index (χ2n) is 7.39. The predicted octanol–water partition coefficient (Wildman–Crippen LogP) is 3.45. The van der Waals surface area contributed by atoms with Crippen molar-refractivity contribution in [1.82, 2.24) is 0 Å². The molecular formula is C22H26N2O4. The normalized spacial score (nSPS) is 16.4. The quantitative estimate of drug-likeness (QED) is 0.710. The minimum atomic E-state index is -1.02. The maximum absolute atomic E-state index is 12.3. The van der Waals surface area contributed by atoms with Crippen molar-refractivity contribution in [2.45, 2.75) is 38.0 Å². The van der Waals surface area contributed by atoms with Crippen LogP contribution in [0.5, 0.6) is 5.75 Å². The molecule has 0 aromatic heterocycles. The number of carbonyl (C=O) groups is 2. The highest BCUT2D eigenvalue weighted by Gasteiger charge is 2.29. The Bertz CT molecular complexity index is 857. The van der Waals surface area contributed by atoms with Crippen molar-refractivity contribution in [1.29, 1.82) is 0 Å². The summed E-state index contributed by atoms with van der Waals surface area (Å²) >= 11 is 0. The van der Waals surface area contributed by atoms with E-state index >= 15 is 0 Å². The number of phenols is 1.